The van der Waals surface area contributed by atoms with Crippen molar-refractivity contribution in [2.45, 2.75) is 0 Å². The van der Waals surface area contributed by atoms with Crippen LogP contribution in [0.5, 0.6) is 11.5 Å². The fourth-order valence-electron chi connectivity index (χ4n) is 7.82. The molecule has 2 aromatic heterocycles. The summed E-state index contributed by atoms with van der Waals surface area (Å²) >= 11 is 0. The first-order chi connectivity index (χ1) is 25.6. The van der Waals surface area contributed by atoms with E-state index in [1.165, 1.54) is 38.1 Å². The maximum absolute atomic E-state index is 10.0. The molecule has 4 nitrogen and oxygen atoms in total. The minimum atomic E-state index is 0.234. The van der Waals surface area contributed by atoms with Gasteiger partial charge in [-0.25, -0.2) is 0 Å². The number of aromatic hydroxyl groups is 2. The van der Waals surface area contributed by atoms with Crippen LogP contribution in [0.1, 0.15) is 0 Å². The molecule has 2 heterocycles. The van der Waals surface area contributed by atoms with E-state index in [4.69, 9.17) is 0 Å². The second kappa shape index (κ2) is 11.8. The molecule has 246 valence electrons. The molecule has 0 aliphatic carbocycles. The van der Waals surface area contributed by atoms with Crippen molar-refractivity contribution >= 4 is 43.6 Å². The van der Waals surface area contributed by atoms with Gasteiger partial charge in [0.05, 0.1) is 22.1 Å². The van der Waals surface area contributed by atoms with E-state index in [9.17, 15) is 10.2 Å². The summed E-state index contributed by atoms with van der Waals surface area (Å²) in [6, 6.07) is 62.7. The Labute approximate surface area is 300 Å². The lowest BCUT2D eigenvalue weighted by molar-refractivity contribution is 0.475. The Hall–Kier alpha value is -7.04. The normalized spacial score (nSPS) is 11.6. The van der Waals surface area contributed by atoms with Crippen LogP contribution in [0.4, 0.5) is 0 Å². The molecule has 0 fully saturated rings. The number of fused-ring (bicyclic) bond motifs is 6. The van der Waals surface area contributed by atoms with Gasteiger partial charge in [0, 0.05) is 32.9 Å². The molecule has 0 saturated carbocycles. The van der Waals surface area contributed by atoms with Gasteiger partial charge in [0.2, 0.25) is 0 Å². The molecule has 2 N–H and O–H groups in total. The van der Waals surface area contributed by atoms with Crippen molar-refractivity contribution in [2.24, 2.45) is 0 Å². The molecule has 0 atom stereocenters. The first-order valence-corrected chi connectivity index (χ1v) is 17.5. The number of rotatable bonds is 5. The number of phenolic OH excluding ortho intramolecular Hbond substituents is 2. The van der Waals surface area contributed by atoms with Crippen molar-refractivity contribution < 1.29 is 10.2 Å². The van der Waals surface area contributed by atoms with Crippen LogP contribution in [-0.2, 0) is 0 Å². The molecule has 0 spiro atoms. The number of hydrogen-bond acceptors (Lipinski definition) is 2. The summed E-state index contributed by atoms with van der Waals surface area (Å²) in [6.07, 6.45) is 0. The highest BCUT2D eigenvalue weighted by molar-refractivity contribution is 6.12. The summed E-state index contributed by atoms with van der Waals surface area (Å²) in [5.41, 5.74) is 13.2. The van der Waals surface area contributed by atoms with Gasteiger partial charge in [-0.15, -0.1) is 0 Å². The SMILES string of the molecule is Oc1ccc(-c2cc(-c3ccc(O)cc3)cc(-n3c4ccccc4c4cc(-c5ccc6c(c5)c5ccccc5n6-c5ccccc5)ccc43)c2)cc1. The van der Waals surface area contributed by atoms with Crippen LogP contribution in [0.25, 0.3) is 88.4 Å². The maximum atomic E-state index is 10.0. The number of para-hydroxylation sites is 3. The lowest BCUT2D eigenvalue weighted by Gasteiger charge is -2.14. The predicted octanol–water partition coefficient (Wildman–Crippen LogP) is 12.3. The number of hydrogen-bond donors (Lipinski definition) is 2. The molecule has 10 aromatic rings. The van der Waals surface area contributed by atoms with E-state index in [0.717, 1.165) is 50.2 Å². The van der Waals surface area contributed by atoms with E-state index in [1.54, 1.807) is 24.3 Å². The summed E-state index contributed by atoms with van der Waals surface area (Å²) in [5, 5.41) is 24.9. The smallest absolute Gasteiger partial charge is 0.115 e. The predicted molar refractivity (Wildman–Crippen MR) is 215 cm³/mol. The van der Waals surface area contributed by atoms with Crippen LogP contribution in [0.15, 0.2) is 182 Å². The Bertz CT molecular complexity index is 2890. The zero-order chi connectivity index (χ0) is 34.8. The first kappa shape index (κ1) is 29.8. The summed E-state index contributed by atoms with van der Waals surface area (Å²) in [6.45, 7) is 0. The Morgan fingerprint density at radius 1 is 0.269 bits per heavy atom. The van der Waals surface area contributed by atoms with Gasteiger partial charge in [-0.05, 0) is 124 Å². The molecule has 0 aliphatic heterocycles. The highest BCUT2D eigenvalue weighted by Gasteiger charge is 2.17. The van der Waals surface area contributed by atoms with Crippen LogP contribution < -0.4 is 0 Å². The standard InChI is InChI=1S/C48H32N2O2/c51-39-20-14-31(15-21-39)35-26-36(32-16-22-40(52)23-17-32)28-38(27-35)50-46-13-7-5-11-42(46)44-30-34(19-25-48(44)50)33-18-24-47-43(29-33)41-10-4-6-12-45(41)49(47)37-8-2-1-3-9-37/h1-30,51-52H. The van der Waals surface area contributed by atoms with Gasteiger partial charge in [0.15, 0.2) is 0 Å². The zero-order valence-electron chi connectivity index (χ0n) is 28.1. The maximum Gasteiger partial charge on any atom is 0.115 e. The average Bonchev–Trinajstić information content (AvgIpc) is 3.71. The van der Waals surface area contributed by atoms with Crippen molar-refractivity contribution in [1.82, 2.24) is 9.13 Å². The lowest BCUT2D eigenvalue weighted by atomic mass is 9.97. The van der Waals surface area contributed by atoms with Gasteiger partial charge in [-0.2, -0.15) is 0 Å². The molecule has 0 aliphatic rings. The molecule has 0 unspecified atom stereocenters. The van der Waals surface area contributed by atoms with Crippen LogP contribution in [0.3, 0.4) is 0 Å². The van der Waals surface area contributed by atoms with E-state index in [-0.39, 0.29) is 11.5 Å². The number of nitrogens with zero attached hydrogens (tertiary/aromatic N) is 2. The highest BCUT2D eigenvalue weighted by atomic mass is 16.3. The topological polar surface area (TPSA) is 50.3 Å². The molecule has 10 rings (SSSR count). The van der Waals surface area contributed by atoms with Gasteiger partial charge in [0.25, 0.3) is 0 Å². The Balaban J connectivity index is 1.17. The number of aromatic nitrogens is 2. The van der Waals surface area contributed by atoms with E-state index in [0.29, 0.717) is 0 Å². The summed E-state index contributed by atoms with van der Waals surface area (Å²) < 4.78 is 4.70. The Kier molecular flexibility index (Phi) is 6.76. The summed E-state index contributed by atoms with van der Waals surface area (Å²) in [5.74, 6) is 0.468. The molecular formula is C48H32N2O2. The van der Waals surface area contributed by atoms with Crippen molar-refractivity contribution in [3.63, 3.8) is 0 Å². The fraction of sp³-hybridized carbons (Fsp3) is 0. The third kappa shape index (κ3) is 4.84. The van der Waals surface area contributed by atoms with Crippen LogP contribution >= 0.6 is 0 Å². The van der Waals surface area contributed by atoms with Gasteiger partial charge in [-0.1, -0.05) is 91.0 Å². The second-order valence-electron chi connectivity index (χ2n) is 13.4. The Morgan fingerprint density at radius 2 is 0.673 bits per heavy atom. The third-order valence-electron chi connectivity index (χ3n) is 10.3. The van der Waals surface area contributed by atoms with Crippen LogP contribution in [-0.4, -0.2) is 19.3 Å². The minimum absolute atomic E-state index is 0.234. The molecule has 0 radical (unpaired) electrons. The van der Waals surface area contributed by atoms with Gasteiger partial charge < -0.3 is 19.3 Å². The summed E-state index contributed by atoms with van der Waals surface area (Å²) in [4.78, 5) is 0. The lowest BCUT2D eigenvalue weighted by Crippen LogP contribution is -1.96. The van der Waals surface area contributed by atoms with Gasteiger partial charge >= 0.3 is 0 Å². The zero-order valence-corrected chi connectivity index (χ0v) is 28.1. The molecule has 0 amide bonds. The minimum Gasteiger partial charge on any atom is -0.508 e. The first-order valence-electron chi connectivity index (χ1n) is 17.5. The third-order valence-corrected chi connectivity index (χ3v) is 10.3. The number of benzene rings is 8. The van der Waals surface area contributed by atoms with Crippen LogP contribution in [0.2, 0.25) is 0 Å². The quantitative estimate of drug-likeness (QED) is 0.192. The van der Waals surface area contributed by atoms with Crippen molar-refractivity contribution in [1.29, 1.82) is 0 Å². The van der Waals surface area contributed by atoms with E-state index in [1.807, 2.05) is 24.3 Å². The molecule has 0 saturated heterocycles. The van der Waals surface area contributed by atoms with Crippen molar-refractivity contribution in [2.75, 3.05) is 0 Å². The van der Waals surface area contributed by atoms with Crippen molar-refractivity contribution in [3.05, 3.63) is 182 Å². The van der Waals surface area contributed by atoms with E-state index >= 15 is 0 Å². The van der Waals surface area contributed by atoms with Crippen LogP contribution in [0, 0.1) is 0 Å². The number of phenols is 2. The van der Waals surface area contributed by atoms with Crippen molar-refractivity contribution in [3.8, 4) is 56.3 Å². The molecule has 0 bridgehead atoms. The van der Waals surface area contributed by atoms with E-state index in [2.05, 4.69) is 143 Å². The average molecular weight is 669 g/mol. The molecule has 4 heteroatoms. The Morgan fingerprint density at radius 3 is 1.17 bits per heavy atom. The molecular weight excluding hydrogens is 637 g/mol. The van der Waals surface area contributed by atoms with Gasteiger partial charge in [0.1, 0.15) is 11.5 Å². The fourth-order valence-corrected chi connectivity index (χ4v) is 7.82. The summed E-state index contributed by atoms with van der Waals surface area (Å²) in [7, 11) is 0. The van der Waals surface area contributed by atoms with Gasteiger partial charge in [-0.3, -0.25) is 0 Å². The molecule has 52 heavy (non-hydrogen) atoms. The highest BCUT2D eigenvalue weighted by Crippen LogP contribution is 2.40. The second-order valence-corrected chi connectivity index (χ2v) is 13.4. The monoisotopic (exact) mass is 668 g/mol. The molecule has 8 aromatic carbocycles. The largest absolute Gasteiger partial charge is 0.508 e. The van der Waals surface area contributed by atoms with E-state index < -0.39 is 0 Å².